The lowest BCUT2D eigenvalue weighted by atomic mass is 10.1. The van der Waals surface area contributed by atoms with E-state index in [1.807, 2.05) is 49.4 Å². The predicted molar refractivity (Wildman–Crippen MR) is 105 cm³/mol. The lowest BCUT2D eigenvalue weighted by Crippen LogP contribution is -2.21. The maximum absolute atomic E-state index is 12.0. The van der Waals surface area contributed by atoms with Crippen LogP contribution < -0.4 is 14.9 Å². The molecule has 0 aliphatic carbocycles. The van der Waals surface area contributed by atoms with Gasteiger partial charge in [0.1, 0.15) is 13.2 Å². The van der Waals surface area contributed by atoms with Crippen LogP contribution in [-0.4, -0.2) is 30.6 Å². The zero-order valence-corrected chi connectivity index (χ0v) is 15.9. The van der Waals surface area contributed by atoms with Crippen molar-refractivity contribution in [3.63, 3.8) is 0 Å². The van der Waals surface area contributed by atoms with Crippen LogP contribution in [0.25, 0.3) is 0 Å². The van der Waals surface area contributed by atoms with E-state index in [2.05, 4.69) is 10.5 Å². The molecule has 0 saturated carbocycles. The van der Waals surface area contributed by atoms with Gasteiger partial charge in [0.2, 0.25) is 5.91 Å². The van der Waals surface area contributed by atoms with E-state index < -0.39 is 0 Å². The molecule has 0 radical (unpaired) electrons. The molecule has 26 heavy (non-hydrogen) atoms. The minimum atomic E-state index is -0.154. The Morgan fingerprint density at radius 2 is 1.96 bits per heavy atom. The maximum atomic E-state index is 12.0. The van der Waals surface area contributed by atoms with Gasteiger partial charge in [0.25, 0.3) is 0 Å². The molecule has 0 spiro atoms. The summed E-state index contributed by atoms with van der Waals surface area (Å²) >= 11 is 7.60. The summed E-state index contributed by atoms with van der Waals surface area (Å²) < 4.78 is 11.1. The molecule has 1 aliphatic heterocycles. The molecule has 3 rings (SSSR count). The number of halogens is 1. The fourth-order valence-electron chi connectivity index (χ4n) is 2.38. The summed E-state index contributed by atoms with van der Waals surface area (Å²) in [5, 5.41) is 4.88. The highest BCUT2D eigenvalue weighted by atomic mass is 35.5. The Hall–Kier alpha value is -2.18. The number of amides is 1. The number of carbonyl (C=O) groups excluding carboxylic acids is 1. The molecule has 7 heteroatoms. The van der Waals surface area contributed by atoms with Crippen LogP contribution in [0.2, 0.25) is 5.02 Å². The maximum Gasteiger partial charge on any atom is 0.250 e. The van der Waals surface area contributed by atoms with Crippen LogP contribution in [0.5, 0.6) is 11.5 Å². The van der Waals surface area contributed by atoms with Crippen LogP contribution in [0.15, 0.2) is 47.6 Å². The Morgan fingerprint density at radius 1 is 1.19 bits per heavy atom. The highest BCUT2D eigenvalue weighted by Gasteiger charge is 2.12. The summed E-state index contributed by atoms with van der Waals surface area (Å²) in [6, 6.07) is 13.2. The third-order valence-corrected chi connectivity index (χ3v) is 5.11. The van der Waals surface area contributed by atoms with Crippen LogP contribution in [0.3, 0.4) is 0 Å². The molecule has 136 valence electrons. The molecule has 1 aliphatic rings. The molecule has 1 amide bonds. The molecule has 1 heterocycles. The van der Waals surface area contributed by atoms with Crippen LogP contribution in [0.1, 0.15) is 18.1 Å². The highest BCUT2D eigenvalue weighted by molar-refractivity contribution is 7.99. The first kappa shape index (κ1) is 18.6. The second-order valence-corrected chi connectivity index (χ2v) is 7.07. The number of hydrogen-bond donors (Lipinski definition) is 1. The molecule has 0 saturated heterocycles. The summed E-state index contributed by atoms with van der Waals surface area (Å²) in [6.07, 6.45) is 0. The minimum absolute atomic E-state index is 0.154. The molecule has 0 aromatic heterocycles. The normalized spacial score (nSPS) is 13.4. The fourth-order valence-corrected chi connectivity index (χ4v) is 3.49. The van der Waals surface area contributed by atoms with Crippen LogP contribution in [-0.2, 0) is 10.5 Å². The summed E-state index contributed by atoms with van der Waals surface area (Å²) in [5.41, 5.74) is 5.18. The number of nitrogens with one attached hydrogen (secondary N) is 1. The number of hydrazone groups is 1. The topological polar surface area (TPSA) is 59.9 Å². The van der Waals surface area contributed by atoms with Gasteiger partial charge in [0.15, 0.2) is 11.5 Å². The molecule has 0 fully saturated rings. The third kappa shape index (κ3) is 4.93. The number of nitrogens with zero attached hydrogens (tertiary/aromatic N) is 1. The van der Waals surface area contributed by atoms with Crippen molar-refractivity contribution in [1.29, 1.82) is 0 Å². The second kappa shape index (κ2) is 8.96. The van der Waals surface area contributed by atoms with E-state index in [1.165, 1.54) is 11.8 Å². The lowest BCUT2D eigenvalue weighted by Gasteiger charge is -2.18. The minimum Gasteiger partial charge on any atom is -0.486 e. The van der Waals surface area contributed by atoms with Crippen molar-refractivity contribution in [1.82, 2.24) is 5.43 Å². The van der Waals surface area contributed by atoms with Gasteiger partial charge in [-0.3, -0.25) is 4.79 Å². The molecular weight excluding hydrogens is 372 g/mol. The molecule has 0 unspecified atom stereocenters. The summed E-state index contributed by atoms with van der Waals surface area (Å²) in [4.78, 5) is 12.0. The zero-order valence-electron chi connectivity index (χ0n) is 14.3. The first-order valence-corrected chi connectivity index (χ1v) is 9.71. The Kier molecular flexibility index (Phi) is 6.41. The Balaban J connectivity index is 1.50. The second-order valence-electron chi connectivity index (χ2n) is 5.67. The molecular formula is C19H19ClN2O3S. The lowest BCUT2D eigenvalue weighted by molar-refractivity contribution is -0.118. The number of ether oxygens (including phenoxy) is 2. The van der Waals surface area contributed by atoms with Crippen molar-refractivity contribution in [3.05, 3.63) is 58.6 Å². The van der Waals surface area contributed by atoms with E-state index in [-0.39, 0.29) is 5.91 Å². The van der Waals surface area contributed by atoms with E-state index in [0.717, 1.165) is 16.9 Å². The third-order valence-electron chi connectivity index (χ3n) is 3.76. The van der Waals surface area contributed by atoms with Gasteiger partial charge in [-0.2, -0.15) is 5.10 Å². The average molecular weight is 391 g/mol. The van der Waals surface area contributed by atoms with Crippen molar-refractivity contribution >= 4 is 35.0 Å². The quantitative estimate of drug-likeness (QED) is 0.600. The van der Waals surface area contributed by atoms with Crippen LogP contribution in [0.4, 0.5) is 0 Å². The number of carbonyl (C=O) groups is 1. The fraction of sp³-hybridized carbons (Fsp3) is 0.263. The van der Waals surface area contributed by atoms with Gasteiger partial charge in [0, 0.05) is 16.3 Å². The SMILES string of the molecule is C/C(=N/NC(=O)CSCc1ccccc1Cl)c1ccc2c(c1)OCCO2. The highest BCUT2D eigenvalue weighted by Crippen LogP contribution is 2.30. The number of fused-ring (bicyclic) bond motifs is 1. The predicted octanol–water partition coefficient (Wildman–Crippen LogP) is 3.88. The Labute approximate surface area is 161 Å². The standard InChI is InChI=1S/C19H19ClN2O3S/c1-13(14-6-7-17-18(10-14)25-9-8-24-17)21-22-19(23)12-26-11-15-4-2-3-5-16(15)20/h2-7,10H,8-9,11-12H2,1H3,(H,22,23)/b21-13-. The summed E-state index contributed by atoms with van der Waals surface area (Å²) in [5.74, 6) is 2.26. The molecule has 5 nitrogen and oxygen atoms in total. The number of benzene rings is 2. The van der Waals surface area contributed by atoms with E-state index in [4.69, 9.17) is 21.1 Å². The van der Waals surface area contributed by atoms with Gasteiger partial charge < -0.3 is 9.47 Å². The molecule has 0 bridgehead atoms. The van der Waals surface area contributed by atoms with E-state index >= 15 is 0 Å². The van der Waals surface area contributed by atoms with Crippen molar-refractivity contribution in [3.8, 4) is 11.5 Å². The summed E-state index contributed by atoms with van der Waals surface area (Å²) in [6.45, 7) is 2.93. The van der Waals surface area contributed by atoms with E-state index in [9.17, 15) is 4.79 Å². The Morgan fingerprint density at radius 3 is 2.77 bits per heavy atom. The first-order valence-electron chi connectivity index (χ1n) is 8.18. The van der Waals surface area contributed by atoms with Gasteiger partial charge in [-0.05, 0) is 36.8 Å². The number of thioether (sulfide) groups is 1. The van der Waals surface area contributed by atoms with Gasteiger partial charge in [-0.1, -0.05) is 29.8 Å². The van der Waals surface area contributed by atoms with E-state index in [0.29, 0.717) is 41.2 Å². The smallest absolute Gasteiger partial charge is 0.250 e. The van der Waals surface area contributed by atoms with Gasteiger partial charge >= 0.3 is 0 Å². The first-order chi connectivity index (χ1) is 12.6. The average Bonchev–Trinajstić information content (AvgIpc) is 2.67. The summed E-state index contributed by atoms with van der Waals surface area (Å²) in [7, 11) is 0. The Bertz CT molecular complexity index is 826. The largest absolute Gasteiger partial charge is 0.486 e. The van der Waals surface area contributed by atoms with Crippen molar-refractivity contribution in [2.45, 2.75) is 12.7 Å². The molecule has 2 aromatic carbocycles. The van der Waals surface area contributed by atoms with Crippen molar-refractivity contribution in [2.75, 3.05) is 19.0 Å². The molecule has 2 aromatic rings. The van der Waals surface area contributed by atoms with Gasteiger partial charge in [-0.25, -0.2) is 5.43 Å². The number of rotatable bonds is 6. The van der Waals surface area contributed by atoms with Crippen molar-refractivity contribution in [2.24, 2.45) is 5.10 Å². The van der Waals surface area contributed by atoms with Crippen LogP contribution in [0, 0.1) is 0 Å². The van der Waals surface area contributed by atoms with Crippen LogP contribution >= 0.6 is 23.4 Å². The van der Waals surface area contributed by atoms with Gasteiger partial charge in [-0.15, -0.1) is 11.8 Å². The molecule has 1 N–H and O–H groups in total. The monoisotopic (exact) mass is 390 g/mol. The zero-order chi connectivity index (χ0) is 18.4. The van der Waals surface area contributed by atoms with Gasteiger partial charge in [0.05, 0.1) is 11.5 Å². The van der Waals surface area contributed by atoms with E-state index in [1.54, 1.807) is 0 Å². The number of hydrogen-bond acceptors (Lipinski definition) is 5. The molecule has 0 atom stereocenters. The van der Waals surface area contributed by atoms with Crippen molar-refractivity contribution < 1.29 is 14.3 Å².